The molecule has 1 unspecified atom stereocenters. The molecule has 4 nitrogen and oxygen atoms in total. The summed E-state index contributed by atoms with van der Waals surface area (Å²) >= 11 is -1.66. The van der Waals surface area contributed by atoms with Crippen molar-refractivity contribution in [2.75, 3.05) is 32.1 Å². The van der Waals surface area contributed by atoms with Crippen molar-refractivity contribution in [3.05, 3.63) is 0 Å². The van der Waals surface area contributed by atoms with E-state index in [0.29, 0.717) is 5.88 Å². The lowest BCUT2D eigenvalue weighted by atomic mass is 9.79. The molecule has 0 aromatic heterocycles. The maximum atomic E-state index is 10.7. The molecule has 0 saturated carbocycles. The van der Waals surface area contributed by atoms with Crippen molar-refractivity contribution in [2.24, 2.45) is 11.8 Å². The molecule has 94 valence electrons. The number of rotatable bonds is 3. The van der Waals surface area contributed by atoms with Crippen LogP contribution in [0, 0.1) is 11.8 Å². The van der Waals surface area contributed by atoms with Crippen LogP contribution in [0.5, 0.6) is 0 Å². The Hall–Kier alpha value is 0.0300. The minimum atomic E-state index is -1.66. The molecular weight excluding hydrogens is 224 g/mol. The van der Waals surface area contributed by atoms with Gasteiger partial charge in [0.05, 0.1) is 0 Å². The van der Waals surface area contributed by atoms with Crippen LogP contribution >= 0.6 is 0 Å². The predicted octanol–water partition coefficient (Wildman–Crippen LogP) is 0.877. The summed E-state index contributed by atoms with van der Waals surface area (Å²) in [6, 6.07) is 0. The lowest BCUT2D eigenvalue weighted by molar-refractivity contribution is 0.143. The van der Waals surface area contributed by atoms with Crippen molar-refractivity contribution in [1.29, 1.82) is 0 Å². The van der Waals surface area contributed by atoms with Gasteiger partial charge in [0.1, 0.15) is 5.88 Å². The molecule has 5 heteroatoms. The first-order valence-corrected chi connectivity index (χ1v) is 7.54. The summed E-state index contributed by atoms with van der Waals surface area (Å²) in [5, 5.41) is 3.40. The average Bonchev–Trinajstić information content (AvgIpc) is 2.30. The van der Waals surface area contributed by atoms with Crippen molar-refractivity contribution in [1.82, 2.24) is 10.2 Å². The highest BCUT2D eigenvalue weighted by molar-refractivity contribution is 7.79. The zero-order valence-corrected chi connectivity index (χ0v) is 10.5. The van der Waals surface area contributed by atoms with Gasteiger partial charge in [-0.05, 0) is 63.7 Å². The fourth-order valence-corrected chi connectivity index (χ4v) is 3.60. The maximum absolute atomic E-state index is 10.7. The first-order chi connectivity index (χ1) is 7.75. The lowest BCUT2D eigenvalue weighted by Crippen LogP contribution is -2.40. The molecule has 0 aromatic rings. The Kier molecular flexibility index (Phi) is 4.76. The third kappa shape index (κ3) is 3.52. The van der Waals surface area contributed by atoms with Crippen LogP contribution in [0.15, 0.2) is 0 Å². The van der Waals surface area contributed by atoms with Crippen LogP contribution in [0.1, 0.15) is 25.7 Å². The number of hydrogen-bond acceptors (Lipinski definition) is 3. The van der Waals surface area contributed by atoms with Gasteiger partial charge in [-0.2, -0.15) is 0 Å². The second-order valence-electron chi connectivity index (χ2n) is 4.99. The summed E-state index contributed by atoms with van der Waals surface area (Å²) in [6.45, 7) is 4.35. The zero-order valence-electron chi connectivity index (χ0n) is 9.73. The number of nitrogens with one attached hydrogen (secondary N) is 1. The van der Waals surface area contributed by atoms with Crippen molar-refractivity contribution < 1.29 is 8.76 Å². The largest absolute Gasteiger partial charge is 0.317 e. The Morgan fingerprint density at radius 3 is 2.25 bits per heavy atom. The third-order valence-electron chi connectivity index (χ3n) is 3.98. The van der Waals surface area contributed by atoms with Gasteiger partial charge in [0.2, 0.25) is 0 Å². The van der Waals surface area contributed by atoms with Crippen LogP contribution in [0.25, 0.3) is 0 Å². The Balaban J connectivity index is 1.73. The fourth-order valence-electron chi connectivity index (χ4n) is 3.03. The molecule has 2 saturated heterocycles. The molecule has 16 heavy (non-hydrogen) atoms. The van der Waals surface area contributed by atoms with Gasteiger partial charge in [-0.3, -0.25) is 4.90 Å². The van der Waals surface area contributed by atoms with Gasteiger partial charge in [0, 0.05) is 0 Å². The van der Waals surface area contributed by atoms with Gasteiger partial charge in [0.25, 0.3) is 0 Å². The van der Waals surface area contributed by atoms with Gasteiger partial charge in [-0.25, -0.2) is 4.21 Å². The highest BCUT2D eigenvalue weighted by atomic mass is 32.2. The van der Waals surface area contributed by atoms with E-state index in [4.69, 9.17) is 4.55 Å². The Bertz CT molecular complexity index is 236. The van der Waals surface area contributed by atoms with Crippen molar-refractivity contribution in [3.63, 3.8) is 0 Å². The quantitative estimate of drug-likeness (QED) is 0.726. The van der Waals surface area contributed by atoms with E-state index in [1.165, 1.54) is 38.8 Å². The van der Waals surface area contributed by atoms with E-state index in [2.05, 4.69) is 10.2 Å². The molecule has 2 fully saturated rings. The number of likely N-dealkylation sites (tertiary alicyclic amines) is 1. The summed E-state index contributed by atoms with van der Waals surface area (Å²) < 4.78 is 19.6. The number of hydrogen-bond donors (Lipinski definition) is 2. The standard InChI is InChI=1S/C11H22N2O2S/c14-16(15)9-13-7-3-11(4-8-13)10-1-5-12-6-2-10/h10-12H,1-9H2,(H,14,15). The molecule has 2 heterocycles. The Morgan fingerprint density at radius 1 is 1.12 bits per heavy atom. The second-order valence-corrected chi connectivity index (χ2v) is 5.89. The topological polar surface area (TPSA) is 52.6 Å². The minimum Gasteiger partial charge on any atom is -0.317 e. The summed E-state index contributed by atoms with van der Waals surface area (Å²) in [6.07, 6.45) is 5.05. The van der Waals surface area contributed by atoms with Crippen molar-refractivity contribution >= 4 is 11.1 Å². The van der Waals surface area contributed by atoms with Crippen LogP contribution in [0.3, 0.4) is 0 Å². The van der Waals surface area contributed by atoms with Gasteiger partial charge in [-0.1, -0.05) is 0 Å². The smallest absolute Gasteiger partial charge is 0.167 e. The monoisotopic (exact) mass is 246 g/mol. The molecule has 2 N–H and O–H groups in total. The van der Waals surface area contributed by atoms with Gasteiger partial charge >= 0.3 is 0 Å². The number of piperidine rings is 2. The predicted molar refractivity (Wildman–Crippen MR) is 65.5 cm³/mol. The molecule has 2 aliphatic heterocycles. The van der Waals surface area contributed by atoms with Gasteiger partial charge in [-0.15, -0.1) is 0 Å². The summed E-state index contributed by atoms with van der Waals surface area (Å²) in [5.74, 6) is 2.08. The van der Waals surface area contributed by atoms with Crippen LogP contribution < -0.4 is 5.32 Å². The molecule has 0 aromatic carbocycles. The molecule has 0 spiro atoms. The molecular formula is C11H22N2O2S. The number of nitrogens with zero attached hydrogens (tertiary/aromatic N) is 1. The van der Waals surface area contributed by atoms with Gasteiger partial charge in [0.15, 0.2) is 11.1 Å². The molecule has 0 bridgehead atoms. The van der Waals surface area contributed by atoms with Crippen LogP contribution in [-0.4, -0.2) is 45.7 Å². The summed E-state index contributed by atoms with van der Waals surface area (Å²) in [4.78, 5) is 2.12. The van der Waals surface area contributed by atoms with E-state index in [1.807, 2.05) is 0 Å². The minimum absolute atomic E-state index is 0.332. The molecule has 2 rings (SSSR count). The molecule has 0 amide bonds. The van der Waals surface area contributed by atoms with E-state index in [1.54, 1.807) is 0 Å². The van der Waals surface area contributed by atoms with Gasteiger partial charge < -0.3 is 9.87 Å². The molecule has 0 aliphatic carbocycles. The highest BCUT2D eigenvalue weighted by Crippen LogP contribution is 2.30. The van der Waals surface area contributed by atoms with Crippen molar-refractivity contribution in [2.45, 2.75) is 25.7 Å². The fraction of sp³-hybridized carbons (Fsp3) is 1.00. The van der Waals surface area contributed by atoms with Crippen LogP contribution in [0.4, 0.5) is 0 Å². The van der Waals surface area contributed by atoms with E-state index in [9.17, 15) is 4.21 Å². The summed E-state index contributed by atoms with van der Waals surface area (Å²) in [5.41, 5.74) is 0. The summed E-state index contributed by atoms with van der Waals surface area (Å²) in [7, 11) is 0. The molecule has 0 radical (unpaired) electrons. The zero-order chi connectivity index (χ0) is 11.4. The first kappa shape index (κ1) is 12.5. The third-order valence-corrected chi connectivity index (χ3v) is 4.56. The lowest BCUT2D eigenvalue weighted by Gasteiger charge is -2.37. The van der Waals surface area contributed by atoms with E-state index < -0.39 is 11.1 Å². The normalized spacial score (nSPS) is 28.1. The van der Waals surface area contributed by atoms with Crippen molar-refractivity contribution in [3.8, 4) is 0 Å². The highest BCUT2D eigenvalue weighted by Gasteiger charge is 2.27. The van der Waals surface area contributed by atoms with E-state index in [0.717, 1.165) is 24.9 Å². The van der Waals surface area contributed by atoms with E-state index >= 15 is 0 Å². The molecule has 1 atom stereocenters. The second kappa shape index (κ2) is 6.10. The first-order valence-electron chi connectivity index (χ1n) is 6.26. The van der Waals surface area contributed by atoms with E-state index in [-0.39, 0.29) is 0 Å². The Labute approximate surface area is 100 Å². The SMILES string of the molecule is O=S(O)CN1CCC(C2CCNCC2)CC1. The maximum Gasteiger partial charge on any atom is 0.167 e. The van der Waals surface area contributed by atoms with Crippen LogP contribution in [0.2, 0.25) is 0 Å². The molecule has 2 aliphatic rings. The van der Waals surface area contributed by atoms with Crippen LogP contribution in [-0.2, 0) is 11.1 Å². The average molecular weight is 246 g/mol. The Morgan fingerprint density at radius 2 is 1.69 bits per heavy atom.